The van der Waals surface area contributed by atoms with Gasteiger partial charge in [0.25, 0.3) is 0 Å². The summed E-state index contributed by atoms with van der Waals surface area (Å²) in [5, 5.41) is 6.35. The highest BCUT2D eigenvalue weighted by atomic mass is 32.1. The van der Waals surface area contributed by atoms with Crippen LogP contribution in [0.3, 0.4) is 0 Å². The van der Waals surface area contributed by atoms with Crippen molar-refractivity contribution in [1.82, 2.24) is 4.98 Å². The second-order valence-corrected chi connectivity index (χ2v) is 5.89. The van der Waals surface area contributed by atoms with Crippen molar-refractivity contribution < 1.29 is 4.74 Å². The molecular formula is C15H20N2OS. The van der Waals surface area contributed by atoms with Gasteiger partial charge in [0.1, 0.15) is 5.75 Å². The summed E-state index contributed by atoms with van der Waals surface area (Å²) in [5.41, 5.74) is 2.12. The first-order chi connectivity index (χ1) is 9.04. The predicted molar refractivity (Wildman–Crippen MR) is 82.1 cm³/mol. The van der Waals surface area contributed by atoms with E-state index >= 15 is 0 Å². The van der Waals surface area contributed by atoms with Crippen LogP contribution in [0.2, 0.25) is 0 Å². The highest BCUT2D eigenvalue weighted by molar-refractivity contribution is 7.14. The van der Waals surface area contributed by atoms with Crippen LogP contribution in [-0.4, -0.2) is 17.1 Å². The van der Waals surface area contributed by atoms with E-state index < -0.39 is 0 Å². The standard InChI is InChI=1S/C15H20N2OS/c1-10(2)16-15-17-14(9-19-15)12-5-7-13(8-6-12)18-11(3)4/h5-11H,1-4H3,(H,16,17). The minimum absolute atomic E-state index is 0.201. The molecule has 0 fully saturated rings. The largest absolute Gasteiger partial charge is 0.491 e. The van der Waals surface area contributed by atoms with Crippen LogP contribution < -0.4 is 10.1 Å². The number of benzene rings is 1. The van der Waals surface area contributed by atoms with Gasteiger partial charge in [-0.25, -0.2) is 4.98 Å². The Labute approximate surface area is 118 Å². The molecule has 0 unspecified atom stereocenters. The Morgan fingerprint density at radius 1 is 1.11 bits per heavy atom. The minimum Gasteiger partial charge on any atom is -0.491 e. The smallest absolute Gasteiger partial charge is 0.183 e. The van der Waals surface area contributed by atoms with Gasteiger partial charge in [0, 0.05) is 17.0 Å². The highest BCUT2D eigenvalue weighted by Gasteiger charge is 2.06. The molecule has 3 nitrogen and oxygen atoms in total. The molecule has 0 saturated heterocycles. The molecule has 1 N–H and O–H groups in total. The lowest BCUT2D eigenvalue weighted by Crippen LogP contribution is -2.08. The third-order valence-corrected chi connectivity index (χ3v) is 3.21. The van der Waals surface area contributed by atoms with Crippen molar-refractivity contribution in [3.05, 3.63) is 29.6 Å². The van der Waals surface area contributed by atoms with Crippen molar-refractivity contribution in [2.75, 3.05) is 5.32 Å². The molecule has 0 radical (unpaired) electrons. The summed E-state index contributed by atoms with van der Waals surface area (Å²) in [7, 11) is 0. The Morgan fingerprint density at radius 3 is 2.37 bits per heavy atom. The fourth-order valence-corrected chi connectivity index (χ4v) is 2.56. The van der Waals surface area contributed by atoms with Gasteiger partial charge in [-0.3, -0.25) is 0 Å². The molecule has 0 spiro atoms. The molecule has 19 heavy (non-hydrogen) atoms. The van der Waals surface area contributed by atoms with Crippen LogP contribution in [0.4, 0.5) is 5.13 Å². The predicted octanol–water partition coefficient (Wildman–Crippen LogP) is 4.42. The third-order valence-electron chi connectivity index (χ3n) is 2.44. The first-order valence-corrected chi connectivity index (χ1v) is 7.41. The van der Waals surface area contributed by atoms with Gasteiger partial charge in [-0.15, -0.1) is 11.3 Å². The number of aromatic nitrogens is 1. The van der Waals surface area contributed by atoms with Gasteiger partial charge >= 0.3 is 0 Å². The Kier molecular flexibility index (Phi) is 4.43. The summed E-state index contributed by atoms with van der Waals surface area (Å²) in [6.07, 6.45) is 0.201. The average Bonchev–Trinajstić information content (AvgIpc) is 2.76. The van der Waals surface area contributed by atoms with Crippen LogP contribution in [0.5, 0.6) is 5.75 Å². The minimum atomic E-state index is 0.201. The molecule has 1 aromatic carbocycles. The normalized spacial score (nSPS) is 11.1. The van der Waals surface area contributed by atoms with Gasteiger partial charge < -0.3 is 10.1 Å². The molecule has 1 heterocycles. The lowest BCUT2D eigenvalue weighted by Gasteiger charge is -2.09. The summed E-state index contributed by atoms with van der Waals surface area (Å²) in [6, 6.07) is 8.48. The Balaban J connectivity index is 2.11. The number of hydrogen-bond acceptors (Lipinski definition) is 4. The van der Waals surface area contributed by atoms with Crippen molar-refractivity contribution in [3.63, 3.8) is 0 Å². The molecule has 0 aliphatic rings. The fourth-order valence-electron chi connectivity index (χ4n) is 1.70. The molecule has 0 atom stereocenters. The molecule has 1 aromatic heterocycles. The first kappa shape index (κ1) is 13.9. The van der Waals surface area contributed by atoms with E-state index in [1.54, 1.807) is 11.3 Å². The van der Waals surface area contributed by atoms with Gasteiger partial charge in [0.15, 0.2) is 5.13 Å². The summed E-state index contributed by atoms with van der Waals surface area (Å²) in [5.74, 6) is 0.898. The Morgan fingerprint density at radius 2 is 1.79 bits per heavy atom. The van der Waals surface area contributed by atoms with E-state index in [0.717, 1.165) is 22.1 Å². The van der Waals surface area contributed by atoms with E-state index in [2.05, 4.69) is 29.5 Å². The maximum atomic E-state index is 5.63. The number of hydrogen-bond donors (Lipinski definition) is 1. The zero-order valence-electron chi connectivity index (χ0n) is 11.8. The van der Waals surface area contributed by atoms with Crippen LogP contribution in [0.25, 0.3) is 11.3 Å². The van der Waals surface area contributed by atoms with E-state index in [1.165, 1.54) is 0 Å². The maximum absolute atomic E-state index is 5.63. The SMILES string of the molecule is CC(C)Nc1nc(-c2ccc(OC(C)C)cc2)cs1. The molecule has 4 heteroatoms. The third kappa shape index (κ3) is 3.96. The van der Waals surface area contributed by atoms with Crippen molar-refractivity contribution in [2.45, 2.75) is 39.8 Å². The van der Waals surface area contributed by atoms with Crippen molar-refractivity contribution in [2.24, 2.45) is 0 Å². The van der Waals surface area contributed by atoms with E-state index in [1.807, 2.05) is 38.1 Å². The van der Waals surface area contributed by atoms with Crippen LogP contribution in [0.1, 0.15) is 27.7 Å². The van der Waals surface area contributed by atoms with Crippen molar-refractivity contribution >= 4 is 16.5 Å². The second-order valence-electron chi connectivity index (χ2n) is 5.03. The first-order valence-electron chi connectivity index (χ1n) is 6.53. The van der Waals surface area contributed by atoms with Crippen LogP contribution >= 0.6 is 11.3 Å². The van der Waals surface area contributed by atoms with Gasteiger partial charge in [-0.05, 0) is 52.0 Å². The van der Waals surface area contributed by atoms with Gasteiger partial charge in [0.2, 0.25) is 0 Å². The molecule has 0 aliphatic carbocycles. The van der Waals surface area contributed by atoms with E-state index in [4.69, 9.17) is 4.74 Å². The summed E-state index contributed by atoms with van der Waals surface area (Å²) in [6.45, 7) is 8.27. The number of nitrogens with zero attached hydrogens (tertiary/aromatic N) is 1. The number of nitrogens with one attached hydrogen (secondary N) is 1. The lowest BCUT2D eigenvalue weighted by molar-refractivity contribution is 0.242. The zero-order chi connectivity index (χ0) is 13.8. The number of rotatable bonds is 5. The molecule has 0 amide bonds. The zero-order valence-corrected chi connectivity index (χ0v) is 12.6. The average molecular weight is 276 g/mol. The quantitative estimate of drug-likeness (QED) is 0.878. The van der Waals surface area contributed by atoms with Crippen LogP contribution in [0.15, 0.2) is 29.6 Å². The number of thiazole rings is 1. The number of anilines is 1. The van der Waals surface area contributed by atoms with Gasteiger partial charge in [-0.1, -0.05) is 0 Å². The van der Waals surface area contributed by atoms with Gasteiger partial charge in [-0.2, -0.15) is 0 Å². The Bertz CT molecular complexity index is 517. The molecule has 0 saturated carbocycles. The van der Waals surface area contributed by atoms with Gasteiger partial charge in [0.05, 0.1) is 11.8 Å². The summed E-state index contributed by atoms with van der Waals surface area (Å²) < 4.78 is 5.63. The Hall–Kier alpha value is -1.55. The molecular weight excluding hydrogens is 256 g/mol. The topological polar surface area (TPSA) is 34.2 Å². The maximum Gasteiger partial charge on any atom is 0.183 e. The molecule has 102 valence electrons. The van der Waals surface area contributed by atoms with Crippen LogP contribution in [-0.2, 0) is 0 Å². The summed E-state index contributed by atoms with van der Waals surface area (Å²) >= 11 is 1.63. The summed E-state index contributed by atoms with van der Waals surface area (Å²) in [4.78, 5) is 4.58. The molecule has 2 aromatic rings. The van der Waals surface area contributed by atoms with Crippen LogP contribution in [0, 0.1) is 0 Å². The van der Waals surface area contributed by atoms with E-state index in [9.17, 15) is 0 Å². The monoisotopic (exact) mass is 276 g/mol. The fraction of sp³-hybridized carbons (Fsp3) is 0.400. The molecule has 0 bridgehead atoms. The lowest BCUT2D eigenvalue weighted by atomic mass is 10.2. The second kappa shape index (κ2) is 6.06. The molecule has 2 rings (SSSR count). The highest BCUT2D eigenvalue weighted by Crippen LogP contribution is 2.27. The van der Waals surface area contributed by atoms with Crippen molar-refractivity contribution in [3.8, 4) is 17.0 Å². The molecule has 0 aliphatic heterocycles. The van der Waals surface area contributed by atoms with Crippen molar-refractivity contribution in [1.29, 1.82) is 0 Å². The van der Waals surface area contributed by atoms with E-state index in [0.29, 0.717) is 6.04 Å². The van der Waals surface area contributed by atoms with E-state index in [-0.39, 0.29) is 6.10 Å². The number of ether oxygens (including phenoxy) is 1.